The molecular weight excluding hydrogens is 294 g/mol. The molecule has 0 fully saturated rings. The molecule has 6 heteroatoms. The highest BCUT2D eigenvalue weighted by Gasteiger charge is 2.11. The third-order valence-corrected chi connectivity index (χ3v) is 4.30. The molecule has 0 aliphatic heterocycles. The molecule has 5 nitrogen and oxygen atoms in total. The number of benzene rings is 1. The molecule has 0 bridgehead atoms. The lowest BCUT2D eigenvalue weighted by Crippen LogP contribution is -2.01. The van der Waals surface area contributed by atoms with Gasteiger partial charge < -0.3 is 10.3 Å². The summed E-state index contributed by atoms with van der Waals surface area (Å²) in [6, 6.07) is 7.85. The molecule has 1 aromatic carbocycles. The minimum Gasteiger partial charge on any atom is -0.399 e. The summed E-state index contributed by atoms with van der Waals surface area (Å²) in [7, 11) is 0. The first-order valence-electron chi connectivity index (χ1n) is 7.26. The van der Waals surface area contributed by atoms with E-state index in [9.17, 15) is 0 Å². The number of nitrogens with two attached hydrogens (primary N) is 1. The molecule has 2 aromatic heterocycles. The van der Waals surface area contributed by atoms with E-state index in [-0.39, 0.29) is 0 Å². The van der Waals surface area contributed by atoms with Crippen molar-refractivity contribution < 1.29 is 0 Å². The van der Waals surface area contributed by atoms with Crippen LogP contribution in [0.1, 0.15) is 24.1 Å². The van der Waals surface area contributed by atoms with E-state index in [1.165, 1.54) is 0 Å². The number of aryl methyl sites for hydroxylation is 3. The van der Waals surface area contributed by atoms with Crippen LogP contribution in [-0.2, 0) is 12.3 Å². The molecule has 0 saturated heterocycles. The van der Waals surface area contributed by atoms with E-state index < -0.39 is 0 Å². The Balaban J connectivity index is 1.90. The number of nitrogen functional groups attached to an aromatic ring is 1. The van der Waals surface area contributed by atoms with Crippen molar-refractivity contribution in [2.75, 3.05) is 5.73 Å². The van der Waals surface area contributed by atoms with Crippen LogP contribution in [0.3, 0.4) is 0 Å². The lowest BCUT2D eigenvalue weighted by molar-refractivity contribution is 0.747. The molecule has 22 heavy (non-hydrogen) atoms. The summed E-state index contributed by atoms with van der Waals surface area (Å²) >= 11 is 1.61. The maximum absolute atomic E-state index is 5.85. The summed E-state index contributed by atoms with van der Waals surface area (Å²) in [6.45, 7) is 6.98. The number of thioether (sulfide) groups is 1. The second-order valence-corrected chi connectivity index (χ2v) is 6.18. The molecule has 2 N–H and O–H groups in total. The van der Waals surface area contributed by atoms with E-state index in [0.29, 0.717) is 0 Å². The predicted molar refractivity (Wildman–Crippen MR) is 90.9 cm³/mol. The summed E-state index contributed by atoms with van der Waals surface area (Å²) in [5.74, 6) is 1.77. The highest BCUT2D eigenvalue weighted by Crippen LogP contribution is 2.24. The van der Waals surface area contributed by atoms with Crippen LogP contribution < -0.4 is 5.73 Å². The highest BCUT2D eigenvalue weighted by atomic mass is 32.2. The molecule has 0 unspecified atom stereocenters. The van der Waals surface area contributed by atoms with Crippen LogP contribution in [0.4, 0.5) is 5.69 Å². The van der Waals surface area contributed by atoms with Crippen LogP contribution in [-0.4, -0.2) is 19.5 Å². The maximum atomic E-state index is 5.85. The van der Waals surface area contributed by atoms with Crippen molar-refractivity contribution in [1.82, 2.24) is 19.5 Å². The van der Waals surface area contributed by atoms with E-state index in [2.05, 4.69) is 21.5 Å². The fourth-order valence-electron chi connectivity index (χ4n) is 2.55. The van der Waals surface area contributed by atoms with E-state index >= 15 is 0 Å². The number of imidazole rings is 1. The zero-order valence-corrected chi connectivity index (χ0v) is 13.8. The van der Waals surface area contributed by atoms with Crippen molar-refractivity contribution in [3.63, 3.8) is 0 Å². The first kappa shape index (κ1) is 14.8. The molecule has 0 atom stereocenters. The van der Waals surface area contributed by atoms with Crippen molar-refractivity contribution in [2.24, 2.45) is 0 Å². The third-order valence-electron chi connectivity index (χ3n) is 3.46. The van der Waals surface area contributed by atoms with E-state index in [4.69, 9.17) is 10.7 Å². The van der Waals surface area contributed by atoms with Gasteiger partial charge >= 0.3 is 0 Å². The molecule has 114 valence electrons. The fourth-order valence-corrected chi connectivity index (χ4v) is 3.44. The second-order valence-electron chi connectivity index (χ2n) is 5.24. The van der Waals surface area contributed by atoms with Crippen LogP contribution in [0.25, 0.3) is 11.0 Å². The van der Waals surface area contributed by atoms with Gasteiger partial charge in [-0.05, 0) is 45.0 Å². The number of hydrogen-bond acceptors (Lipinski definition) is 5. The Hall–Kier alpha value is -2.08. The largest absolute Gasteiger partial charge is 0.399 e. The topological polar surface area (TPSA) is 69.6 Å². The molecule has 0 radical (unpaired) electrons. The Labute approximate surface area is 134 Å². The molecule has 3 rings (SSSR count). The van der Waals surface area contributed by atoms with Gasteiger partial charge in [0.1, 0.15) is 5.82 Å². The number of anilines is 1. The van der Waals surface area contributed by atoms with Gasteiger partial charge in [0.05, 0.1) is 16.8 Å². The second kappa shape index (κ2) is 5.96. The van der Waals surface area contributed by atoms with Gasteiger partial charge in [-0.15, -0.1) is 0 Å². The smallest absolute Gasteiger partial charge is 0.188 e. The van der Waals surface area contributed by atoms with Crippen molar-refractivity contribution in [3.8, 4) is 0 Å². The summed E-state index contributed by atoms with van der Waals surface area (Å²) in [6.07, 6.45) is 0. The van der Waals surface area contributed by atoms with Gasteiger partial charge in [-0.3, -0.25) is 0 Å². The van der Waals surface area contributed by atoms with Crippen molar-refractivity contribution in [3.05, 3.63) is 41.5 Å². The Morgan fingerprint density at radius 1 is 1.09 bits per heavy atom. The van der Waals surface area contributed by atoms with E-state index in [0.717, 1.165) is 51.4 Å². The van der Waals surface area contributed by atoms with Crippen molar-refractivity contribution in [2.45, 2.75) is 38.2 Å². The van der Waals surface area contributed by atoms with Gasteiger partial charge in [0.2, 0.25) is 0 Å². The highest BCUT2D eigenvalue weighted by molar-refractivity contribution is 7.98. The molecular formula is C16H19N5S. The number of fused-ring (bicyclic) bond motifs is 1. The SMILES string of the molecule is CCn1c(CSc2nc(C)cc(C)n2)nc2cc(N)ccc21. The lowest BCUT2D eigenvalue weighted by Gasteiger charge is -2.06. The molecule has 0 saturated carbocycles. The fraction of sp³-hybridized carbons (Fsp3) is 0.312. The number of nitrogens with zero attached hydrogens (tertiary/aromatic N) is 4. The van der Waals surface area contributed by atoms with Gasteiger partial charge in [-0.25, -0.2) is 15.0 Å². The normalized spacial score (nSPS) is 11.2. The summed E-state index contributed by atoms with van der Waals surface area (Å²) in [4.78, 5) is 13.6. The van der Waals surface area contributed by atoms with E-state index in [1.54, 1.807) is 11.8 Å². The summed E-state index contributed by atoms with van der Waals surface area (Å²) in [5, 5.41) is 0.798. The molecule has 0 amide bonds. The standard InChI is InChI=1S/C16H19N5S/c1-4-21-14-6-5-12(17)8-13(14)20-15(21)9-22-16-18-10(2)7-11(3)19-16/h5-8H,4,9,17H2,1-3H3. The summed E-state index contributed by atoms with van der Waals surface area (Å²) < 4.78 is 2.21. The Morgan fingerprint density at radius 3 is 2.50 bits per heavy atom. The summed E-state index contributed by atoms with van der Waals surface area (Å²) in [5.41, 5.74) is 10.6. The monoisotopic (exact) mass is 313 g/mol. The van der Waals surface area contributed by atoms with Gasteiger partial charge in [0.25, 0.3) is 0 Å². The number of rotatable bonds is 4. The minimum absolute atomic E-state index is 0.741. The van der Waals surface area contributed by atoms with Crippen LogP contribution >= 0.6 is 11.8 Å². The Kier molecular flexibility index (Phi) is 4.02. The van der Waals surface area contributed by atoms with Crippen molar-refractivity contribution in [1.29, 1.82) is 0 Å². The quantitative estimate of drug-likeness (QED) is 0.454. The van der Waals surface area contributed by atoms with Gasteiger partial charge in [0, 0.05) is 23.6 Å². The maximum Gasteiger partial charge on any atom is 0.188 e. The zero-order chi connectivity index (χ0) is 15.7. The van der Waals surface area contributed by atoms with Crippen LogP contribution in [0.15, 0.2) is 29.4 Å². The Morgan fingerprint density at radius 2 is 1.82 bits per heavy atom. The van der Waals surface area contributed by atoms with Crippen LogP contribution in [0.2, 0.25) is 0 Å². The van der Waals surface area contributed by atoms with Gasteiger partial charge in [0.15, 0.2) is 5.16 Å². The zero-order valence-electron chi connectivity index (χ0n) is 13.0. The Bertz CT molecular complexity index is 805. The molecule has 3 aromatic rings. The average molecular weight is 313 g/mol. The average Bonchev–Trinajstić information content (AvgIpc) is 2.80. The van der Waals surface area contributed by atoms with Crippen molar-refractivity contribution >= 4 is 28.5 Å². The molecule has 0 spiro atoms. The molecule has 0 aliphatic carbocycles. The third kappa shape index (κ3) is 2.92. The van der Waals surface area contributed by atoms with Crippen LogP contribution in [0.5, 0.6) is 0 Å². The minimum atomic E-state index is 0.741. The first-order valence-corrected chi connectivity index (χ1v) is 8.25. The van der Waals surface area contributed by atoms with Gasteiger partial charge in [-0.1, -0.05) is 11.8 Å². The van der Waals surface area contributed by atoms with E-state index in [1.807, 2.05) is 38.1 Å². The number of aromatic nitrogens is 4. The van der Waals surface area contributed by atoms with Gasteiger partial charge in [-0.2, -0.15) is 0 Å². The number of hydrogen-bond donors (Lipinski definition) is 1. The molecule has 0 aliphatic rings. The predicted octanol–water partition coefficient (Wildman–Crippen LogP) is 3.34. The van der Waals surface area contributed by atoms with Crippen LogP contribution in [0, 0.1) is 13.8 Å². The first-order chi connectivity index (χ1) is 10.6. The molecule has 2 heterocycles. The lowest BCUT2D eigenvalue weighted by atomic mass is 10.3.